The first-order chi connectivity index (χ1) is 10.1. The number of hydrogen-bond acceptors (Lipinski definition) is 8. The third-order valence-corrected chi connectivity index (χ3v) is 3.51. The standard InChI is InChI=1S/C12H16N6O2S/c1-17(2)16-12-10(18(19)20)11(14-8-15-12)13-6-5-9-4-3-7-21-9/h3-4,7-8H,5-6H2,1-2H3,(H2,13,14,15,16). The maximum atomic E-state index is 11.2. The first-order valence-corrected chi connectivity index (χ1v) is 7.15. The Morgan fingerprint density at radius 3 is 2.76 bits per heavy atom. The Balaban J connectivity index is 2.12. The highest BCUT2D eigenvalue weighted by Crippen LogP contribution is 2.28. The maximum Gasteiger partial charge on any atom is 0.354 e. The van der Waals surface area contributed by atoms with Crippen LogP contribution >= 0.6 is 11.3 Å². The number of aromatic nitrogens is 2. The van der Waals surface area contributed by atoms with Crippen LogP contribution in [-0.4, -0.2) is 40.5 Å². The number of anilines is 2. The van der Waals surface area contributed by atoms with Gasteiger partial charge < -0.3 is 5.32 Å². The molecule has 2 aromatic heterocycles. The predicted molar refractivity (Wildman–Crippen MR) is 82.5 cm³/mol. The van der Waals surface area contributed by atoms with Gasteiger partial charge >= 0.3 is 5.69 Å². The zero-order valence-electron chi connectivity index (χ0n) is 11.7. The van der Waals surface area contributed by atoms with E-state index in [1.54, 1.807) is 30.4 Å². The number of hydrazine groups is 1. The van der Waals surface area contributed by atoms with Crippen LogP contribution in [-0.2, 0) is 6.42 Å². The summed E-state index contributed by atoms with van der Waals surface area (Å²) < 4.78 is 0. The van der Waals surface area contributed by atoms with Crippen LogP contribution in [0, 0.1) is 10.1 Å². The number of rotatable bonds is 7. The Bertz CT molecular complexity index is 602. The summed E-state index contributed by atoms with van der Waals surface area (Å²) in [6.07, 6.45) is 2.08. The van der Waals surface area contributed by atoms with Gasteiger partial charge in [-0.15, -0.1) is 11.3 Å². The maximum absolute atomic E-state index is 11.2. The topological polar surface area (TPSA) is 96.2 Å². The monoisotopic (exact) mass is 308 g/mol. The summed E-state index contributed by atoms with van der Waals surface area (Å²) in [7, 11) is 3.46. The van der Waals surface area contributed by atoms with Crippen molar-refractivity contribution in [1.82, 2.24) is 15.0 Å². The zero-order chi connectivity index (χ0) is 15.2. The van der Waals surface area contributed by atoms with Crippen molar-refractivity contribution < 1.29 is 4.92 Å². The molecule has 0 fully saturated rings. The van der Waals surface area contributed by atoms with E-state index < -0.39 is 4.92 Å². The van der Waals surface area contributed by atoms with Crippen LogP contribution in [0.3, 0.4) is 0 Å². The van der Waals surface area contributed by atoms with Crippen LogP contribution in [0.2, 0.25) is 0 Å². The van der Waals surface area contributed by atoms with E-state index in [1.165, 1.54) is 11.2 Å². The average Bonchev–Trinajstić information content (AvgIpc) is 2.91. The van der Waals surface area contributed by atoms with E-state index in [2.05, 4.69) is 20.7 Å². The molecule has 8 nitrogen and oxygen atoms in total. The fourth-order valence-electron chi connectivity index (χ4n) is 1.73. The van der Waals surface area contributed by atoms with Crippen LogP contribution in [0.25, 0.3) is 0 Å². The van der Waals surface area contributed by atoms with Crippen LogP contribution in [0.5, 0.6) is 0 Å². The third kappa shape index (κ3) is 4.10. The number of nitro groups is 1. The van der Waals surface area contributed by atoms with E-state index in [9.17, 15) is 10.1 Å². The lowest BCUT2D eigenvalue weighted by Crippen LogP contribution is -2.22. The van der Waals surface area contributed by atoms with Gasteiger partial charge in [-0.25, -0.2) is 15.0 Å². The summed E-state index contributed by atoms with van der Waals surface area (Å²) in [5.41, 5.74) is 2.65. The average molecular weight is 308 g/mol. The fraction of sp³-hybridized carbons (Fsp3) is 0.333. The molecule has 0 radical (unpaired) electrons. The van der Waals surface area contributed by atoms with Crippen molar-refractivity contribution in [3.8, 4) is 0 Å². The van der Waals surface area contributed by atoms with Crippen molar-refractivity contribution in [2.24, 2.45) is 0 Å². The summed E-state index contributed by atoms with van der Waals surface area (Å²) in [6, 6.07) is 4.01. The summed E-state index contributed by atoms with van der Waals surface area (Å²) in [5, 5.41) is 17.8. The van der Waals surface area contributed by atoms with Crippen molar-refractivity contribution in [2.75, 3.05) is 31.4 Å². The van der Waals surface area contributed by atoms with Crippen LogP contribution in [0.1, 0.15) is 4.88 Å². The Morgan fingerprint density at radius 2 is 2.14 bits per heavy atom. The molecule has 21 heavy (non-hydrogen) atoms. The van der Waals surface area contributed by atoms with E-state index in [1.807, 2.05) is 17.5 Å². The quantitative estimate of drug-likeness (QED) is 0.596. The molecule has 0 saturated heterocycles. The summed E-state index contributed by atoms with van der Waals surface area (Å²) in [6.45, 7) is 0.569. The molecule has 0 aliphatic heterocycles. The highest BCUT2D eigenvalue weighted by atomic mass is 32.1. The predicted octanol–water partition coefficient (Wildman–Crippen LogP) is 1.99. The molecule has 0 bridgehead atoms. The van der Waals surface area contributed by atoms with E-state index >= 15 is 0 Å². The van der Waals surface area contributed by atoms with Crippen LogP contribution in [0.15, 0.2) is 23.8 Å². The summed E-state index contributed by atoms with van der Waals surface area (Å²) >= 11 is 1.65. The number of thiophene rings is 1. The van der Waals surface area contributed by atoms with Crippen molar-refractivity contribution in [3.63, 3.8) is 0 Å². The lowest BCUT2D eigenvalue weighted by atomic mass is 10.3. The molecule has 2 N–H and O–H groups in total. The minimum absolute atomic E-state index is 0.155. The SMILES string of the molecule is CN(C)Nc1ncnc(NCCc2cccs2)c1[N+](=O)[O-]. The molecule has 0 saturated carbocycles. The van der Waals surface area contributed by atoms with Gasteiger partial charge in [0.1, 0.15) is 6.33 Å². The first-order valence-electron chi connectivity index (χ1n) is 6.27. The largest absolute Gasteiger partial charge is 0.364 e. The van der Waals surface area contributed by atoms with Crippen molar-refractivity contribution in [1.29, 1.82) is 0 Å². The third-order valence-electron chi connectivity index (χ3n) is 2.58. The lowest BCUT2D eigenvalue weighted by molar-refractivity contribution is -0.383. The number of nitrogens with one attached hydrogen (secondary N) is 2. The molecule has 2 aromatic rings. The number of hydrogen-bond donors (Lipinski definition) is 2. The molecule has 0 atom stereocenters. The minimum Gasteiger partial charge on any atom is -0.364 e. The molecule has 0 aliphatic carbocycles. The first kappa shape index (κ1) is 15.1. The second kappa shape index (κ2) is 6.95. The summed E-state index contributed by atoms with van der Waals surface area (Å²) in [5.74, 6) is 0.384. The molecule has 9 heteroatoms. The van der Waals surface area contributed by atoms with Gasteiger partial charge in [0.05, 0.1) is 4.92 Å². The summed E-state index contributed by atoms with van der Waals surface area (Å²) in [4.78, 5) is 19.9. The van der Waals surface area contributed by atoms with E-state index in [4.69, 9.17) is 0 Å². The van der Waals surface area contributed by atoms with E-state index in [0.717, 1.165) is 6.42 Å². The zero-order valence-corrected chi connectivity index (χ0v) is 12.6. The van der Waals surface area contributed by atoms with Crippen molar-refractivity contribution >= 4 is 28.7 Å². The van der Waals surface area contributed by atoms with Gasteiger partial charge in [0, 0.05) is 25.5 Å². The second-order valence-electron chi connectivity index (χ2n) is 4.44. The molecule has 2 rings (SSSR count). The molecule has 0 aromatic carbocycles. The van der Waals surface area contributed by atoms with Crippen LogP contribution in [0.4, 0.5) is 17.3 Å². The highest BCUT2D eigenvalue weighted by molar-refractivity contribution is 7.09. The molecule has 112 valence electrons. The Labute approximate surface area is 126 Å². The number of nitrogens with zero attached hydrogens (tertiary/aromatic N) is 4. The van der Waals surface area contributed by atoms with Gasteiger partial charge in [0.2, 0.25) is 11.6 Å². The Hall–Kier alpha value is -2.26. The smallest absolute Gasteiger partial charge is 0.354 e. The molecule has 0 spiro atoms. The van der Waals surface area contributed by atoms with E-state index in [-0.39, 0.29) is 17.3 Å². The van der Waals surface area contributed by atoms with Crippen LogP contribution < -0.4 is 10.7 Å². The van der Waals surface area contributed by atoms with Gasteiger partial charge in [-0.3, -0.25) is 15.5 Å². The molecular weight excluding hydrogens is 292 g/mol. The lowest BCUT2D eigenvalue weighted by Gasteiger charge is -2.13. The second-order valence-corrected chi connectivity index (χ2v) is 5.47. The molecule has 0 aliphatic rings. The van der Waals surface area contributed by atoms with Gasteiger partial charge in [-0.2, -0.15) is 0 Å². The Kier molecular flexibility index (Phi) is 5.01. The molecule has 0 amide bonds. The van der Waals surface area contributed by atoms with Gasteiger partial charge in [0.15, 0.2) is 0 Å². The minimum atomic E-state index is -0.487. The van der Waals surface area contributed by atoms with Crippen molar-refractivity contribution in [3.05, 3.63) is 38.8 Å². The van der Waals surface area contributed by atoms with E-state index in [0.29, 0.717) is 6.54 Å². The van der Waals surface area contributed by atoms with Crippen molar-refractivity contribution in [2.45, 2.75) is 6.42 Å². The molecular formula is C12H16N6O2S. The Morgan fingerprint density at radius 1 is 1.38 bits per heavy atom. The fourth-order valence-corrected chi connectivity index (χ4v) is 2.44. The highest BCUT2D eigenvalue weighted by Gasteiger charge is 2.23. The molecule has 2 heterocycles. The molecule has 0 unspecified atom stereocenters. The normalized spacial score (nSPS) is 10.6. The van der Waals surface area contributed by atoms with Gasteiger partial charge in [-0.1, -0.05) is 6.07 Å². The van der Waals surface area contributed by atoms with Gasteiger partial charge in [0.25, 0.3) is 0 Å². The van der Waals surface area contributed by atoms with Gasteiger partial charge in [-0.05, 0) is 17.9 Å².